The van der Waals surface area contributed by atoms with Gasteiger partial charge >= 0.3 is 0 Å². The molecular formula is C19H23NO2. The minimum Gasteiger partial charge on any atom is -0.494 e. The summed E-state index contributed by atoms with van der Waals surface area (Å²) in [5.41, 5.74) is 3.88. The molecule has 0 atom stereocenters. The highest BCUT2D eigenvalue weighted by atomic mass is 16.5. The zero-order valence-electron chi connectivity index (χ0n) is 13.5. The molecule has 0 aliphatic rings. The number of benzene rings is 2. The van der Waals surface area contributed by atoms with Crippen LogP contribution in [0.25, 0.3) is 0 Å². The zero-order chi connectivity index (χ0) is 15.9. The molecule has 22 heavy (non-hydrogen) atoms. The number of hydrogen-bond acceptors (Lipinski definition) is 2. The summed E-state index contributed by atoms with van der Waals surface area (Å²) in [6.45, 7) is 6.71. The molecule has 0 saturated heterocycles. The third kappa shape index (κ3) is 3.67. The largest absolute Gasteiger partial charge is 0.494 e. The lowest BCUT2D eigenvalue weighted by atomic mass is 10.0. The van der Waals surface area contributed by atoms with Crippen molar-refractivity contribution in [3.05, 3.63) is 59.2 Å². The first-order valence-electron chi connectivity index (χ1n) is 7.84. The number of carbonyl (C=O) groups is 1. The second-order valence-corrected chi connectivity index (χ2v) is 5.07. The summed E-state index contributed by atoms with van der Waals surface area (Å²) < 4.78 is 5.46. The first-order valence-corrected chi connectivity index (χ1v) is 7.84. The summed E-state index contributed by atoms with van der Waals surface area (Å²) in [5.74, 6) is 0.617. The number of rotatable bonds is 6. The molecule has 2 aromatic carbocycles. The smallest absolute Gasteiger partial charge is 0.255 e. The molecule has 2 aromatic rings. The van der Waals surface area contributed by atoms with Crippen LogP contribution in [-0.2, 0) is 12.8 Å². The molecule has 2 rings (SSSR count). The minimum atomic E-state index is -0.0999. The summed E-state index contributed by atoms with van der Waals surface area (Å²) >= 11 is 0. The standard InChI is InChI=1S/C19H23NO2/c1-4-14-9-7-10-15(5-2)18(14)20-19(21)16-11-8-12-17(13-16)22-6-3/h7-13H,4-6H2,1-3H3,(H,20,21). The Morgan fingerprint density at radius 1 is 1.00 bits per heavy atom. The van der Waals surface area contributed by atoms with E-state index in [0.717, 1.165) is 35.4 Å². The van der Waals surface area contributed by atoms with Crippen molar-refractivity contribution in [1.82, 2.24) is 0 Å². The summed E-state index contributed by atoms with van der Waals surface area (Å²) in [6, 6.07) is 13.4. The molecule has 0 unspecified atom stereocenters. The number of nitrogens with one attached hydrogen (secondary N) is 1. The fourth-order valence-corrected chi connectivity index (χ4v) is 2.48. The molecule has 0 spiro atoms. The van der Waals surface area contributed by atoms with Gasteiger partial charge in [-0.1, -0.05) is 38.1 Å². The van der Waals surface area contributed by atoms with Gasteiger partial charge in [-0.3, -0.25) is 4.79 Å². The summed E-state index contributed by atoms with van der Waals surface area (Å²) in [5, 5.41) is 3.07. The molecule has 0 radical (unpaired) electrons. The normalized spacial score (nSPS) is 10.3. The van der Waals surface area contributed by atoms with E-state index in [-0.39, 0.29) is 5.91 Å². The Kier molecular flexibility index (Phi) is 5.59. The van der Waals surface area contributed by atoms with E-state index in [9.17, 15) is 4.79 Å². The molecule has 0 aromatic heterocycles. The second-order valence-electron chi connectivity index (χ2n) is 5.07. The highest BCUT2D eigenvalue weighted by Crippen LogP contribution is 2.24. The van der Waals surface area contributed by atoms with Crippen LogP contribution in [-0.4, -0.2) is 12.5 Å². The lowest BCUT2D eigenvalue weighted by Crippen LogP contribution is -2.15. The summed E-state index contributed by atoms with van der Waals surface area (Å²) in [4.78, 5) is 12.5. The van der Waals surface area contributed by atoms with E-state index in [0.29, 0.717) is 12.2 Å². The van der Waals surface area contributed by atoms with Gasteiger partial charge in [-0.05, 0) is 49.1 Å². The molecule has 1 N–H and O–H groups in total. The van der Waals surface area contributed by atoms with Gasteiger partial charge in [0.05, 0.1) is 6.61 Å². The van der Waals surface area contributed by atoms with Crippen molar-refractivity contribution in [3.8, 4) is 5.75 Å². The molecule has 0 aliphatic carbocycles. The van der Waals surface area contributed by atoms with Crippen LogP contribution in [0.5, 0.6) is 5.75 Å². The molecule has 116 valence electrons. The van der Waals surface area contributed by atoms with Gasteiger partial charge in [0.25, 0.3) is 5.91 Å². The van der Waals surface area contributed by atoms with Gasteiger partial charge in [0.1, 0.15) is 5.75 Å². The predicted molar refractivity (Wildman–Crippen MR) is 90.8 cm³/mol. The van der Waals surface area contributed by atoms with Gasteiger partial charge in [0.15, 0.2) is 0 Å². The lowest BCUT2D eigenvalue weighted by Gasteiger charge is -2.14. The van der Waals surface area contributed by atoms with E-state index in [1.54, 1.807) is 12.1 Å². The number of carbonyl (C=O) groups excluding carboxylic acids is 1. The quantitative estimate of drug-likeness (QED) is 0.854. The van der Waals surface area contributed by atoms with E-state index in [4.69, 9.17) is 4.74 Å². The molecule has 0 fully saturated rings. The van der Waals surface area contributed by atoms with Crippen molar-refractivity contribution in [1.29, 1.82) is 0 Å². The molecule has 0 saturated carbocycles. The van der Waals surface area contributed by atoms with E-state index >= 15 is 0 Å². The fourth-order valence-electron chi connectivity index (χ4n) is 2.48. The van der Waals surface area contributed by atoms with Crippen LogP contribution in [0, 0.1) is 0 Å². The number of anilines is 1. The molecule has 3 nitrogen and oxygen atoms in total. The topological polar surface area (TPSA) is 38.3 Å². The maximum Gasteiger partial charge on any atom is 0.255 e. The molecule has 3 heteroatoms. The van der Waals surface area contributed by atoms with E-state index in [1.165, 1.54) is 0 Å². The minimum absolute atomic E-state index is 0.0999. The van der Waals surface area contributed by atoms with Crippen molar-refractivity contribution < 1.29 is 9.53 Å². The monoisotopic (exact) mass is 297 g/mol. The van der Waals surface area contributed by atoms with Gasteiger partial charge in [0.2, 0.25) is 0 Å². The highest BCUT2D eigenvalue weighted by molar-refractivity contribution is 6.05. The van der Waals surface area contributed by atoms with Gasteiger partial charge in [-0.25, -0.2) is 0 Å². The Balaban J connectivity index is 2.27. The SMILES string of the molecule is CCOc1cccc(C(=O)Nc2c(CC)cccc2CC)c1. The first kappa shape index (κ1) is 16.1. The Morgan fingerprint density at radius 3 is 2.23 bits per heavy atom. The van der Waals surface area contributed by atoms with Crippen LogP contribution in [0.15, 0.2) is 42.5 Å². The van der Waals surface area contributed by atoms with Gasteiger partial charge in [-0.15, -0.1) is 0 Å². The van der Waals surface area contributed by atoms with Gasteiger partial charge in [0, 0.05) is 11.3 Å². The predicted octanol–water partition coefficient (Wildman–Crippen LogP) is 4.46. The second kappa shape index (κ2) is 7.64. The Labute approximate surface area is 132 Å². The number of amides is 1. The maximum atomic E-state index is 12.5. The van der Waals surface area contributed by atoms with Crippen LogP contribution >= 0.6 is 0 Å². The van der Waals surface area contributed by atoms with Crippen LogP contribution in [0.2, 0.25) is 0 Å². The van der Waals surface area contributed by atoms with Crippen LogP contribution in [0.1, 0.15) is 42.3 Å². The van der Waals surface area contributed by atoms with E-state index < -0.39 is 0 Å². The van der Waals surface area contributed by atoms with Crippen LogP contribution < -0.4 is 10.1 Å². The van der Waals surface area contributed by atoms with Crippen molar-refractivity contribution in [2.24, 2.45) is 0 Å². The van der Waals surface area contributed by atoms with E-state index in [1.807, 2.05) is 25.1 Å². The first-order chi connectivity index (χ1) is 10.7. The van der Waals surface area contributed by atoms with Crippen molar-refractivity contribution in [3.63, 3.8) is 0 Å². The van der Waals surface area contributed by atoms with Gasteiger partial charge in [-0.2, -0.15) is 0 Å². The number of hydrogen-bond donors (Lipinski definition) is 1. The Hall–Kier alpha value is -2.29. The third-order valence-electron chi connectivity index (χ3n) is 3.64. The average Bonchev–Trinajstić information content (AvgIpc) is 2.55. The third-order valence-corrected chi connectivity index (χ3v) is 3.64. The molecule has 0 heterocycles. The van der Waals surface area contributed by atoms with Crippen LogP contribution in [0.3, 0.4) is 0 Å². The van der Waals surface area contributed by atoms with E-state index in [2.05, 4.69) is 31.3 Å². The Morgan fingerprint density at radius 2 is 1.64 bits per heavy atom. The summed E-state index contributed by atoms with van der Waals surface area (Å²) in [7, 11) is 0. The van der Waals surface area contributed by atoms with Crippen molar-refractivity contribution in [2.45, 2.75) is 33.6 Å². The fraction of sp³-hybridized carbons (Fsp3) is 0.316. The summed E-state index contributed by atoms with van der Waals surface area (Å²) in [6.07, 6.45) is 1.78. The number of aryl methyl sites for hydroxylation is 2. The molecule has 0 aliphatic heterocycles. The number of para-hydroxylation sites is 1. The molecule has 1 amide bonds. The Bertz CT molecular complexity index is 627. The lowest BCUT2D eigenvalue weighted by molar-refractivity contribution is 0.102. The van der Waals surface area contributed by atoms with Gasteiger partial charge < -0.3 is 10.1 Å². The highest BCUT2D eigenvalue weighted by Gasteiger charge is 2.12. The van der Waals surface area contributed by atoms with Crippen LogP contribution in [0.4, 0.5) is 5.69 Å². The van der Waals surface area contributed by atoms with Crippen molar-refractivity contribution >= 4 is 11.6 Å². The maximum absolute atomic E-state index is 12.5. The van der Waals surface area contributed by atoms with Crippen molar-refractivity contribution in [2.75, 3.05) is 11.9 Å². The average molecular weight is 297 g/mol. The molecular weight excluding hydrogens is 274 g/mol. The zero-order valence-corrected chi connectivity index (χ0v) is 13.5. The number of ether oxygens (including phenoxy) is 1. The molecule has 0 bridgehead atoms.